The Bertz CT molecular complexity index is 145. The second-order valence-electron chi connectivity index (χ2n) is 4.48. The Morgan fingerprint density at radius 2 is 0.833 bits per heavy atom. The maximum Gasteiger partial charge on any atom is 0.0933 e. The van der Waals surface area contributed by atoms with Crippen molar-refractivity contribution >= 4 is 0 Å². The molecule has 0 saturated heterocycles. The summed E-state index contributed by atoms with van der Waals surface area (Å²) in [4.78, 5) is 0. The highest BCUT2D eigenvalue weighted by molar-refractivity contribution is 5.04. The molecule has 0 aliphatic heterocycles. The fourth-order valence-electron chi connectivity index (χ4n) is 2.85. The van der Waals surface area contributed by atoms with E-state index in [0.29, 0.717) is 0 Å². The van der Waals surface area contributed by atoms with E-state index in [9.17, 15) is 10.2 Å². The summed E-state index contributed by atoms with van der Waals surface area (Å²) in [5.74, 6) is 0. The lowest BCUT2D eigenvalue weighted by molar-refractivity contribution is -0.195. The molecule has 2 heteroatoms. The molecule has 2 saturated carbocycles. The zero-order chi connectivity index (χ0) is 8.66. The van der Waals surface area contributed by atoms with Gasteiger partial charge in [0.25, 0.3) is 0 Å². The van der Waals surface area contributed by atoms with Crippen LogP contribution in [0.25, 0.3) is 0 Å². The molecule has 2 aliphatic carbocycles. The standard InChI is InChI=1S/C10H18O2/c11-9-5-1-2-6-10(9,12)8-4-3-7-9/h11-12H,1-8H2/t9-,10+. The van der Waals surface area contributed by atoms with Gasteiger partial charge in [0.1, 0.15) is 0 Å². The van der Waals surface area contributed by atoms with Gasteiger partial charge in [-0.15, -0.1) is 0 Å². The topological polar surface area (TPSA) is 40.5 Å². The predicted octanol–water partition coefficient (Wildman–Crippen LogP) is 1.60. The SMILES string of the molecule is O[C@]12CCCC[C@@]1(O)CCCC2. The zero-order valence-electron chi connectivity index (χ0n) is 7.55. The lowest BCUT2D eigenvalue weighted by atomic mass is 9.64. The van der Waals surface area contributed by atoms with E-state index < -0.39 is 11.2 Å². The lowest BCUT2D eigenvalue weighted by Crippen LogP contribution is -2.58. The molecule has 12 heavy (non-hydrogen) atoms. The smallest absolute Gasteiger partial charge is 0.0933 e. The van der Waals surface area contributed by atoms with Crippen LogP contribution in [0.15, 0.2) is 0 Å². The fraction of sp³-hybridized carbons (Fsp3) is 1.00. The molecule has 0 unspecified atom stereocenters. The minimum atomic E-state index is -0.733. The van der Waals surface area contributed by atoms with Crippen LogP contribution in [0.4, 0.5) is 0 Å². The first-order valence-corrected chi connectivity index (χ1v) is 5.11. The number of hydrogen-bond acceptors (Lipinski definition) is 2. The normalized spacial score (nSPS) is 48.5. The molecule has 2 N–H and O–H groups in total. The molecule has 0 radical (unpaired) electrons. The highest BCUT2D eigenvalue weighted by atomic mass is 16.4. The first kappa shape index (κ1) is 8.52. The highest BCUT2D eigenvalue weighted by Crippen LogP contribution is 2.46. The molecular formula is C10H18O2. The van der Waals surface area contributed by atoms with Crippen molar-refractivity contribution in [2.24, 2.45) is 0 Å². The van der Waals surface area contributed by atoms with Crippen molar-refractivity contribution in [1.82, 2.24) is 0 Å². The second kappa shape index (κ2) is 2.71. The molecule has 0 amide bonds. The van der Waals surface area contributed by atoms with Crippen molar-refractivity contribution in [1.29, 1.82) is 0 Å². The van der Waals surface area contributed by atoms with Gasteiger partial charge >= 0.3 is 0 Å². The highest BCUT2D eigenvalue weighted by Gasteiger charge is 2.51. The summed E-state index contributed by atoms with van der Waals surface area (Å²) >= 11 is 0. The molecule has 0 spiro atoms. The molecule has 70 valence electrons. The van der Waals surface area contributed by atoms with Gasteiger partial charge in [-0.1, -0.05) is 25.7 Å². The molecule has 0 aromatic heterocycles. The van der Waals surface area contributed by atoms with E-state index >= 15 is 0 Å². The Morgan fingerprint density at radius 3 is 1.08 bits per heavy atom. The molecule has 2 aliphatic rings. The van der Waals surface area contributed by atoms with Crippen LogP contribution in [0.5, 0.6) is 0 Å². The van der Waals surface area contributed by atoms with E-state index in [0.717, 1.165) is 51.4 Å². The minimum Gasteiger partial charge on any atom is -0.387 e. The van der Waals surface area contributed by atoms with Crippen molar-refractivity contribution in [2.45, 2.75) is 62.6 Å². The average Bonchev–Trinajstić information content (AvgIpc) is 2.05. The fourth-order valence-corrected chi connectivity index (χ4v) is 2.85. The molecular weight excluding hydrogens is 152 g/mol. The zero-order valence-corrected chi connectivity index (χ0v) is 7.55. The molecule has 0 aromatic carbocycles. The number of rotatable bonds is 0. The van der Waals surface area contributed by atoms with Gasteiger partial charge in [0.2, 0.25) is 0 Å². The summed E-state index contributed by atoms with van der Waals surface area (Å²) in [7, 11) is 0. The van der Waals surface area contributed by atoms with Gasteiger partial charge in [0, 0.05) is 0 Å². The largest absolute Gasteiger partial charge is 0.387 e. The quantitative estimate of drug-likeness (QED) is 0.579. The molecule has 0 heterocycles. The lowest BCUT2D eigenvalue weighted by Gasteiger charge is -2.50. The number of fused-ring (bicyclic) bond motifs is 1. The third-order valence-corrected chi connectivity index (χ3v) is 3.73. The molecule has 2 nitrogen and oxygen atoms in total. The van der Waals surface area contributed by atoms with Crippen LogP contribution in [0.1, 0.15) is 51.4 Å². The third kappa shape index (κ3) is 1.09. The maximum absolute atomic E-state index is 10.2. The third-order valence-electron chi connectivity index (χ3n) is 3.73. The first-order chi connectivity index (χ1) is 5.66. The van der Waals surface area contributed by atoms with Crippen LogP contribution in [0.3, 0.4) is 0 Å². The van der Waals surface area contributed by atoms with Gasteiger partial charge in [-0.3, -0.25) is 0 Å². The van der Waals surface area contributed by atoms with Gasteiger partial charge in [-0.2, -0.15) is 0 Å². The molecule has 2 fully saturated rings. The Morgan fingerprint density at radius 1 is 0.583 bits per heavy atom. The Hall–Kier alpha value is -0.0800. The van der Waals surface area contributed by atoms with Crippen LogP contribution in [-0.4, -0.2) is 21.4 Å². The summed E-state index contributed by atoms with van der Waals surface area (Å²) < 4.78 is 0. The van der Waals surface area contributed by atoms with Gasteiger partial charge in [0.05, 0.1) is 11.2 Å². The predicted molar refractivity (Wildman–Crippen MR) is 46.8 cm³/mol. The van der Waals surface area contributed by atoms with E-state index in [4.69, 9.17) is 0 Å². The summed E-state index contributed by atoms with van der Waals surface area (Å²) in [5, 5.41) is 20.4. The molecule has 2 rings (SSSR count). The average molecular weight is 170 g/mol. The van der Waals surface area contributed by atoms with Gasteiger partial charge < -0.3 is 10.2 Å². The number of aliphatic hydroxyl groups is 2. The summed E-state index contributed by atoms with van der Waals surface area (Å²) in [6.07, 6.45) is 7.56. The van der Waals surface area contributed by atoms with Crippen molar-refractivity contribution in [3.05, 3.63) is 0 Å². The Labute approximate surface area is 73.6 Å². The molecule has 0 atom stereocenters. The van der Waals surface area contributed by atoms with Gasteiger partial charge in [0.15, 0.2) is 0 Å². The van der Waals surface area contributed by atoms with Crippen LogP contribution >= 0.6 is 0 Å². The van der Waals surface area contributed by atoms with Crippen molar-refractivity contribution < 1.29 is 10.2 Å². The maximum atomic E-state index is 10.2. The van der Waals surface area contributed by atoms with Gasteiger partial charge in [-0.05, 0) is 25.7 Å². The first-order valence-electron chi connectivity index (χ1n) is 5.11. The van der Waals surface area contributed by atoms with Crippen LogP contribution in [0, 0.1) is 0 Å². The molecule has 0 bridgehead atoms. The van der Waals surface area contributed by atoms with E-state index in [1.165, 1.54) is 0 Å². The van der Waals surface area contributed by atoms with Crippen molar-refractivity contribution in [3.63, 3.8) is 0 Å². The van der Waals surface area contributed by atoms with E-state index in [2.05, 4.69) is 0 Å². The minimum absolute atomic E-state index is 0.733. The van der Waals surface area contributed by atoms with Crippen LogP contribution in [-0.2, 0) is 0 Å². The van der Waals surface area contributed by atoms with E-state index in [-0.39, 0.29) is 0 Å². The van der Waals surface area contributed by atoms with Crippen LogP contribution in [0.2, 0.25) is 0 Å². The summed E-state index contributed by atoms with van der Waals surface area (Å²) in [6, 6.07) is 0. The summed E-state index contributed by atoms with van der Waals surface area (Å²) in [5.41, 5.74) is -1.47. The van der Waals surface area contributed by atoms with Crippen molar-refractivity contribution in [3.8, 4) is 0 Å². The molecule has 0 aromatic rings. The van der Waals surface area contributed by atoms with E-state index in [1.54, 1.807) is 0 Å². The van der Waals surface area contributed by atoms with Gasteiger partial charge in [-0.25, -0.2) is 0 Å². The second-order valence-corrected chi connectivity index (χ2v) is 4.48. The van der Waals surface area contributed by atoms with E-state index in [1.807, 2.05) is 0 Å². The van der Waals surface area contributed by atoms with Crippen molar-refractivity contribution in [2.75, 3.05) is 0 Å². The summed E-state index contributed by atoms with van der Waals surface area (Å²) in [6.45, 7) is 0. The van der Waals surface area contributed by atoms with Crippen LogP contribution < -0.4 is 0 Å². The number of hydrogen-bond donors (Lipinski definition) is 2. The Kier molecular flexibility index (Phi) is 1.92. The Balaban J connectivity index is 2.20. The monoisotopic (exact) mass is 170 g/mol.